The Morgan fingerprint density at radius 2 is 1.86 bits per heavy atom. The monoisotopic (exact) mass is 322 g/mol. The van der Waals surface area contributed by atoms with Gasteiger partial charge in [-0.2, -0.15) is 5.26 Å². The lowest BCUT2D eigenvalue weighted by Crippen LogP contribution is -2.49. The fourth-order valence-electron chi connectivity index (χ4n) is 2.20. The van der Waals surface area contributed by atoms with E-state index in [-0.39, 0.29) is 30.8 Å². The summed E-state index contributed by atoms with van der Waals surface area (Å²) in [5.41, 5.74) is 0.982. The molecule has 2 rings (SSSR count). The van der Waals surface area contributed by atoms with E-state index in [1.54, 1.807) is 36.2 Å². The molecule has 0 radical (unpaired) electrons. The lowest BCUT2D eigenvalue weighted by atomic mass is 10.1. The maximum atomic E-state index is 12.2. The van der Waals surface area contributed by atoms with E-state index in [1.165, 1.54) is 4.90 Å². The van der Waals surface area contributed by atoms with Gasteiger partial charge in [0.1, 0.15) is 0 Å². The Bertz CT molecular complexity index is 562. The largest absolute Gasteiger partial charge is 0.339 e. The number of carbonyl (C=O) groups excluding carboxylic acids is 2. The van der Waals surface area contributed by atoms with Gasteiger partial charge in [-0.3, -0.25) is 9.59 Å². The Morgan fingerprint density at radius 1 is 1.27 bits per heavy atom. The molecule has 1 N–H and O–H groups in total. The quantitative estimate of drug-likeness (QED) is 0.878. The summed E-state index contributed by atoms with van der Waals surface area (Å²) >= 11 is 0. The Hall–Kier alpha value is -2.10. The number of hydrogen-bond donors (Lipinski definition) is 1. The van der Waals surface area contributed by atoms with E-state index in [4.69, 9.17) is 5.26 Å². The zero-order valence-electron chi connectivity index (χ0n) is 12.4. The van der Waals surface area contributed by atoms with Crippen LogP contribution >= 0.6 is 12.4 Å². The van der Waals surface area contributed by atoms with Crippen molar-refractivity contribution in [2.24, 2.45) is 0 Å². The summed E-state index contributed by atoms with van der Waals surface area (Å²) in [4.78, 5) is 27.5. The van der Waals surface area contributed by atoms with Crippen molar-refractivity contribution in [3.8, 4) is 6.07 Å². The van der Waals surface area contributed by atoms with E-state index in [1.807, 2.05) is 6.07 Å². The first-order chi connectivity index (χ1) is 10.1. The fourth-order valence-corrected chi connectivity index (χ4v) is 2.20. The highest BCUT2D eigenvalue weighted by Gasteiger charge is 2.20. The molecule has 1 aromatic rings. The minimum Gasteiger partial charge on any atom is -0.339 e. The second kappa shape index (κ2) is 8.37. The first-order valence-electron chi connectivity index (χ1n) is 6.86. The van der Waals surface area contributed by atoms with Crippen molar-refractivity contribution in [1.82, 2.24) is 15.1 Å². The Balaban J connectivity index is 0.00000242. The van der Waals surface area contributed by atoms with Crippen molar-refractivity contribution < 1.29 is 9.59 Å². The van der Waals surface area contributed by atoms with Crippen LogP contribution in [0.25, 0.3) is 0 Å². The highest BCUT2D eigenvalue weighted by Crippen LogP contribution is 2.07. The van der Waals surface area contributed by atoms with Crippen LogP contribution in [0.4, 0.5) is 0 Å². The van der Waals surface area contributed by atoms with E-state index >= 15 is 0 Å². The number of halogens is 1. The summed E-state index contributed by atoms with van der Waals surface area (Å²) in [6, 6.07) is 8.41. The van der Waals surface area contributed by atoms with Crippen molar-refractivity contribution in [3.63, 3.8) is 0 Å². The predicted octanol–water partition coefficient (Wildman–Crippen LogP) is 0.484. The van der Waals surface area contributed by atoms with Crippen LogP contribution in [0.2, 0.25) is 0 Å². The normalized spacial score (nSPS) is 13.7. The molecule has 0 spiro atoms. The van der Waals surface area contributed by atoms with Gasteiger partial charge < -0.3 is 15.1 Å². The maximum Gasteiger partial charge on any atom is 0.254 e. The van der Waals surface area contributed by atoms with Gasteiger partial charge in [-0.05, 0) is 24.3 Å². The molecule has 118 valence electrons. The smallest absolute Gasteiger partial charge is 0.254 e. The molecule has 1 aliphatic rings. The number of rotatable bonds is 3. The van der Waals surface area contributed by atoms with Crippen LogP contribution < -0.4 is 5.32 Å². The molecular formula is C15H19ClN4O2. The molecule has 1 aromatic carbocycles. The molecule has 2 amide bonds. The molecule has 0 bridgehead atoms. The summed E-state index contributed by atoms with van der Waals surface area (Å²) in [6.07, 6.45) is 0. The number of hydrogen-bond acceptors (Lipinski definition) is 4. The van der Waals surface area contributed by atoms with Gasteiger partial charge in [-0.1, -0.05) is 0 Å². The number of amides is 2. The number of carbonyl (C=O) groups is 2. The van der Waals surface area contributed by atoms with Crippen LogP contribution in [0.5, 0.6) is 0 Å². The van der Waals surface area contributed by atoms with Gasteiger partial charge in [-0.25, -0.2) is 0 Å². The van der Waals surface area contributed by atoms with E-state index in [0.717, 1.165) is 13.1 Å². The first-order valence-corrected chi connectivity index (χ1v) is 6.86. The highest BCUT2D eigenvalue weighted by molar-refractivity contribution is 5.96. The molecule has 6 nitrogen and oxygen atoms in total. The molecule has 1 saturated heterocycles. The second-order valence-corrected chi connectivity index (χ2v) is 4.98. The molecule has 0 aliphatic carbocycles. The van der Waals surface area contributed by atoms with E-state index in [0.29, 0.717) is 24.2 Å². The number of piperazine rings is 1. The average molecular weight is 323 g/mol. The van der Waals surface area contributed by atoms with Crippen LogP contribution in [-0.4, -0.2) is 61.4 Å². The minimum absolute atomic E-state index is 0. The van der Waals surface area contributed by atoms with Crippen molar-refractivity contribution >= 4 is 24.2 Å². The zero-order valence-corrected chi connectivity index (χ0v) is 13.2. The SMILES string of the molecule is CN(CC(=O)N1CCNCC1)C(=O)c1ccc(C#N)cc1.Cl. The van der Waals surface area contributed by atoms with Gasteiger partial charge >= 0.3 is 0 Å². The van der Waals surface area contributed by atoms with Gasteiger partial charge in [0.25, 0.3) is 5.91 Å². The van der Waals surface area contributed by atoms with Crippen molar-refractivity contribution in [1.29, 1.82) is 5.26 Å². The molecule has 0 unspecified atom stereocenters. The van der Waals surface area contributed by atoms with Gasteiger partial charge in [0.05, 0.1) is 18.2 Å². The van der Waals surface area contributed by atoms with Gasteiger partial charge in [0.2, 0.25) is 5.91 Å². The number of likely N-dealkylation sites (N-methyl/N-ethyl adjacent to an activating group) is 1. The minimum atomic E-state index is -0.219. The summed E-state index contributed by atoms with van der Waals surface area (Å²) in [5.74, 6) is -0.260. The molecule has 1 heterocycles. The third-order valence-corrected chi connectivity index (χ3v) is 3.45. The van der Waals surface area contributed by atoms with Crippen LogP contribution in [0.3, 0.4) is 0 Å². The molecule has 0 saturated carbocycles. The summed E-state index contributed by atoms with van der Waals surface area (Å²) < 4.78 is 0. The summed E-state index contributed by atoms with van der Waals surface area (Å²) in [5, 5.41) is 11.9. The summed E-state index contributed by atoms with van der Waals surface area (Å²) in [7, 11) is 1.61. The predicted molar refractivity (Wildman–Crippen MR) is 84.8 cm³/mol. The topological polar surface area (TPSA) is 76.4 Å². The van der Waals surface area contributed by atoms with E-state index in [2.05, 4.69) is 5.32 Å². The molecular weight excluding hydrogens is 304 g/mol. The molecule has 7 heteroatoms. The van der Waals surface area contributed by atoms with Gasteiger partial charge in [0.15, 0.2) is 0 Å². The van der Waals surface area contributed by atoms with Crippen LogP contribution in [0.1, 0.15) is 15.9 Å². The zero-order chi connectivity index (χ0) is 15.2. The average Bonchev–Trinajstić information content (AvgIpc) is 2.55. The first kappa shape index (κ1) is 18.0. The third-order valence-electron chi connectivity index (χ3n) is 3.45. The molecule has 22 heavy (non-hydrogen) atoms. The number of nitrogens with zero attached hydrogens (tertiary/aromatic N) is 3. The number of nitriles is 1. The van der Waals surface area contributed by atoms with Crippen molar-refractivity contribution in [2.75, 3.05) is 39.8 Å². The Morgan fingerprint density at radius 3 is 2.41 bits per heavy atom. The fraction of sp³-hybridized carbons (Fsp3) is 0.400. The maximum absolute atomic E-state index is 12.2. The highest BCUT2D eigenvalue weighted by atomic mass is 35.5. The lowest BCUT2D eigenvalue weighted by molar-refractivity contribution is -0.132. The Kier molecular flexibility index (Phi) is 6.83. The van der Waals surface area contributed by atoms with Crippen molar-refractivity contribution in [2.45, 2.75) is 0 Å². The van der Waals surface area contributed by atoms with Gasteiger partial charge in [-0.15, -0.1) is 12.4 Å². The third kappa shape index (κ3) is 4.45. The van der Waals surface area contributed by atoms with E-state index < -0.39 is 0 Å². The van der Waals surface area contributed by atoms with Crippen molar-refractivity contribution in [3.05, 3.63) is 35.4 Å². The standard InChI is InChI=1S/C15H18N4O2.ClH/c1-18(11-14(20)19-8-6-17-7-9-19)15(21)13-4-2-12(10-16)3-5-13;/h2-5,17H,6-9,11H2,1H3;1H. The lowest BCUT2D eigenvalue weighted by Gasteiger charge is -2.29. The van der Waals surface area contributed by atoms with E-state index in [9.17, 15) is 9.59 Å². The van der Waals surface area contributed by atoms with Gasteiger partial charge in [0, 0.05) is 38.8 Å². The molecule has 0 atom stereocenters. The second-order valence-electron chi connectivity index (χ2n) is 4.98. The number of benzene rings is 1. The van der Waals surface area contributed by atoms with Crippen LogP contribution in [0.15, 0.2) is 24.3 Å². The molecule has 0 aromatic heterocycles. The van der Waals surface area contributed by atoms with Crippen LogP contribution in [0, 0.1) is 11.3 Å². The van der Waals surface area contributed by atoms with Crippen LogP contribution in [-0.2, 0) is 4.79 Å². The molecule has 1 aliphatic heterocycles. The Labute approximate surface area is 136 Å². The number of nitrogens with one attached hydrogen (secondary N) is 1. The summed E-state index contributed by atoms with van der Waals surface area (Å²) in [6.45, 7) is 3.01. The molecule has 1 fully saturated rings.